The third kappa shape index (κ3) is 5.00. The van der Waals surface area contributed by atoms with Crippen molar-refractivity contribution in [1.82, 2.24) is 4.90 Å². The van der Waals surface area contributed by atoms with Gasteiger partial charge >= 0.3 is 0 Å². The number of benzene rings is 1. The Morgan fingerprint density at radius 2 is 2.05 bits per heavy atom. The van der Waals surface area contributed by atoms with Gasteiger partial charge in [0.2, 0.25) is 5.91 Å². The topological polar surface area (TPSA) is 42.7 Å². The van der Waals surface area contributed by atoms with E-state index in [-0.39, 0.29) is 11.7 Å². The molecule has 0 N–H and O–H groups in total. The normalized spacial score (nSPS) is 10.6. The van der Waals surface area contributed by atoms with Gasteiger partial charge in [-0.2, -0.15) is 0 Å². The van der Waals surface area contributed by atoms with Crippen molar-refractivity contribution in [3.8, 4) is 0 Å². The molecule has 0 atom stereocenters. The Hall–Kier alpha value is -2.14. The number of hydrogen-bond donors (Lipinski definition) is 0. The van der Waals surface area contributed by atoms with E-state index in [9.17, 15) is 9.18 Å². The minimum Gasteiger partial charge on any atom is -0.467 e. The first-order valence-electron chi connectivity index (χ1n) is 7.22. The monoisotopic (exact) mass is 305 g/mol. The molecule has 0 aliphatic carbocycles. The molecule has 0 aliphatic heterocycles. The molecule has 2 rings (SSSR count). The van der Waals surface area contributed by atoms with Crippen molar-refractivity contribution in [2.24, 2.45) is 0 Å². The molecule has 22 heavy (non-hydrogen) atoms. The minimum atomic E-state index is -0.269. The van der Waals surface area contributed by atoms with Crippen molar-refractivity contribution in [3.63, 3.8) is 0 Å². The number of carbonyl (C=O) groups excluding carboxylic acids is 1. The van der Waals surface area contributed by atoms with Crippen LogP contribution in [0.15, 0.2) is 47.1 Å². The number of nitrogens with zero attached hydrogens (tertiary/aromatic N) is 1. The van der Waals surface area contributed by atoms with Gasteiger partial charge in [0.05, 0.1) is 19.4 Å². The number of ether oxygens (including phenoxy) is 1. The van der Waals surface area contributed by atoms with Crippen molar-refractivity contribution < 1.29 is 18.3 Å². The molecule has 2 aromatic rings. The van der Waals surface area contributed by atoms with E-state index < -0.39 is 0 Å². The zero-order valence-electron chi connectivity index (χ0n) is 12.6. The van der Waals surface area contributed by atoms with Crippen LogP contribution in [-0.4, -0.2) is 31.1 Å². The van der Waals surface area contributed by atoms with Crippen LogP contribution in [0, 0.1) is 5.82 Å². The van der Waals surface area contributed by atoms with Gasteiger partial charge in [-0.15, -0.1) is 0 Å². The predicted octanol–water partition coefficient (Wildman–Crippen LogP) is 3.03. The second-order valence-electron chi connectivity index (χ2n) is 5.01. The van der Waals surface area contributed by atoms with E-state index in [1.54, 1.807) is 36.5 Å². The average molecular weight is 305 g/mol. The smallest absolute Gasteiger partial charge is 0.223 e. The molecule has 0 fully saturated rings. The molecule has 4 nitrogen and oxygen atoms in total. The van der Waals surface area contributed by atoms with Gasteiger partial charge in [0.15, 0.2) is 0 Å². The van der Waals surface area contributed by atoms with E-state index in [1.165, 1.54) is 12.1 Å². The summed E-state index contributed by atoms with van der Waals surface area (Å²) in [6.07, 6.45) is 2.55. The number of aryl methyl sites for hydroxylation is 1. The Balaban J connectivity index is 1.91. The lowest BCUT2D eigenvalue weighted by Crippen LogP contribution is -2.33. The molecule has 0 saturated heterocycles. The zero-order valence-corrected chi connectivity index (χ0v) is 12.6. The van der Waals surface area contributed by atoms with Crippen molar-refractivity contribution in [1.29, 1.82) is 0 Å². The number of furan rings is 1. The van der Waals surface area contributed by atoms with Gasteiger partial charge in [0, 0.05) is 20.1 Å². The van der Waals surface area contributed by atoms with Crippen molar-refractivity contribution in [2.45, 2.75) is 19.4 Å². The lowest BCUT2D eigenvalue weighted by atomic mass is 10.1. The lowest BCUT2D eigenvalue weighted by Gasteiger charge is -2.21. The number of carbonyl (C=O) groups is 1. The van der Waals surface area contributed by atoms with Gasteiger partial charge in [-0.25, -0.2) is 4.39 Å². The molecular weight excluding hydrogens is 285 g/mol. The zero-order chi connectivity index (χ0) is 15.8. The largest absolute Gasteiger partial charge is 0.467 e. The summed E-state index contributed by atoms with van der Waals surface area (Å²) in [6.45, 7) is 1.42. The highest BCUT2D eigenvalue weighted by Crippen LogP contribution is 2.10. The second-order valence-corrected chi connectivity index (χ2v) is 5.01. The van der Waals surface area contributed by atoms with Gasteiger partial charge in [0.25, 0.3) is 0 Å². The third-order valence-corrected chi connectivity index (χ3v) is 3.39. The summed E-state index contributed by atoms with van der Waals surface area (Å²) in [5.41, 5.74) is 0.944. The highest BCUT2D eigenvalue weighted by molar-refractivity contribution is 5.76. The Labute approximate surface area is 129 Å². The fourth-order valence-corrected chi connectivity index (χ4v) is 2.14. The third-order valence-electron chi connectivity index (χ3n) is 3.39. The molecule has 0 radical (unpaired) electrons. The molecule has 118 valence electrons. The van der Waals surface area contributed by atoms with E-state index in [0.29, 0.717) is 32.5 Å². The summed E-state index contributed by atoms with van der Waals surface area (Å²) < 4.78 is 23.2. The van der Waals surface area contributed by atoms with Crippen LogP contribution in [0.5, 0.6) is 0 Å². The Kier molecular flexibility index (Phi) is 6.15. The van der Waals surface area contributed by atoms with Gasteiger partial charge in [-0.3, -0.25) is 4.79 Å². The van der Waals surface area contributed by atoms with Crippen molar-refractivity contribution in [3.05, 3.63) is 59.8 Å². The van der Waals surface area contributed by atoms with Crippen LogP contribution < -0.4 is 0 Å². The lowest BCUT2D eigenvalue weighted by molar-refractivity contribution is -0.132. The summed E-state index contributed by atoms with van der Waals surface area (Å²) in [4.78, 5) is 14.1. The molecule has 0 spiro atoms. The van der Waals surface area contributed by atoms with Crippen LogP contribution in [0.25, 0.3) is 0 Å². The molecule has 0 aliphatic rings. The Morgan fingerprint density at radius 1 is 1.27 bits per heavy atom. The maximum atomic E-state index is 12.9. The predicted molar refractivity (Wildman–Crippen MR) is 80.7 cm³/mol. The first-order chi connectivity index (χ1) is 10.7. The van der Waals surface area contributed by atoms with E-state index in [4.69, 9.17) is 9.15 Å². The van der Waals surface area contributed by atoms with Crippen LogP contribution in [-0.2, 0) is 22.5 Å². The number of rotatable bonds is 8. The van der Waals surface area contributed by atoms with Gasteiger partial charge in [-0.05, 0) is 36.2 Å². The minimum absolute atomic E-state index is 0.0257. The van der Waals surface area contributed by atoms with Crippen LogP contribution in [0.4, 0.5) is 4.39 Å². The highest BCUT2D eigenvalue weighted by atomic mass is 19.1. The standard InChI is InChI=1S/C17H20FNO3/c1-21-12-10-19(13-16-3-2-11-22-16)17(20)9-6-14-4-7-15(18)8-5-14/h2-5,7-8,11H,6,9-10,12-13H2,1H3. The highest BCUT2D eigenvalue weighted by Gasteiger charge is 2.15. The summed E-state index contributed by atoms with van der Waals surface area (Å²) in [5, 5.41) is 0. The number of methoxy groups -OCH3 is 1. The number of halogens is 1. The SMILES string of the molecule is COCCN(Cc1ccco1)C(=O)CCc1ccc(F)cc1. The van der Waals surface area contributed by atoms with Gasteiger partial charge in [0.1, 0.15) is 11.6 Å². The summed E-state index contributed by atoms with van der Waals surface area (Å²) in [6, 6.07) is 9.86. The summed E-state index contributed by atoms with van der Waals surface area (Å²) >= 11 is 0. The Morgan fingerprint density at radius 3 is 2.68 bits per heavy atom. The maximum absolute atomic E-state index is 12.9. The first kappa shape index (κ1) is 16.2. The molecule has 0 unspecified atom stereocenters. The van der Waals surface area contributed by atoms with E-state index in [0.717, 1.165) is 11.3 Å². The number of amides is 1. The van der Waals surface area contributed by atoms with Crippen LogP contribution in [0.1, 0.15) is 17.7 Å². The molecule has 5 heteroatoms. The maximum Gasteiger partial charge on any atom is 0.223 e. The first-order valence-corrected chi connectivity index (χ1v) is 7.22. The van der Waals surface area contributed by atoms with Crippen LogP contribution in [0.2, 0.25) is 0 Å². The fraction of sp³-hybridized carbons (Fsp3) is 0.353. The molecule has 1 amide bonds. The van der Waals surface area contributed by atoms with E-state index in [2.05, 4.69) is 0 Å². The van der Waals surface area contributed by atoms with E-state index >= 15 is 0 Å². The molecule has 1 aromatic heterocycles. The van der Waals surface area contributed by atoms with Gasteiger partial charge < -0.3 is 14.1 Å². The fourth-order valence-electron chi connectivity index (χ4n) is 2.14. The van der Waals surface area contributed by atoms with E-state index in [1.807, 2.05) is 6.07 Å². The second kappa shape index (κ2) is 8.34. The molecule has 0 saturated carbocycles. The van der Waals surface area contributed by atoms with Crippen LogP contribution >= 0.6 is 0 Å². The van der Waals surface area contributed by atoms with Gasteiger partial charge in [-0.1, -0.05) is 12.1 Å². The summed E-state index contributed by atoms with van der Waals surface area (Å²) in [7, 11) is 1.61. The number of hydrogen-bond acceptors (Lipinski definition) is 3. The average Bonchev–Trinajstić information content (AvgIpc) is 3.03. The Bertz CT molecular complexity index is 566. The van der Waals surface area contributed by atoms with Crippen molar-refractivity contribution >= 4 is 5.91 Å². The van der Waals surface area contributed by atoms with Crippen molar-refractivity contribution in [2.75, 3.05) is 20.3 Å². The molecule has 1 heterocycles. The molecular formula is C17H20FNO3. The molecule has 0 bridgehead atoms. The summed E-state index contributed by atoms with van der Waals surface area (Å²) in [5.74, 6) is 0.499. The van der Waals surface area contributed by atoms with Crippen LogP contribution in [0.3, 0.4) is 0 Å². The quantitative estimate of drug-likeness (QED) is 0.753. The molecule has 1 aromatic carbocycles.